The normalized spacial score (nSPS) is 53.0. The van der Waals surface area contributed by atoms with E-state index < -0.39 is 11.4 Å². The first-order chi connectivity index (χ1) is 18.2. The maximum absolute atomic E-state index is 13.0. The van der Waals surface area contributed by atoms with Gasteiger partial charge in [-0.2, -0.15) is 0 Å². The number of carboxylic acid groups (broad SMARTS) is 1. The fourth-order valence-electron chi connectivity index (χ4n) is 12.7. The van der Waals surface area contributed by atoms with Gasteiger partial charge in [0.1, 0.15) is 6.10 Å². The second kappa shape index (κ2) is 8.84. The Labute approximate surface area is 237 Å². The van der Waals surface area contributed by atoms with Crippen molar-refractivity contribution in [3.63, 3.8) is 0 Å². The highest BCUT2D eigenvalue weighted by molar-refractivity contribution is 5.76. The van der Waals surface area contributed by atoms with Crippen LogP contribution in [0.3, 0.4) is 0 Å². The molecule has 0 aliphatic heterocycles. The van der Waals surface area contributed by atoms with Crippen LogP contribution in [0.5, 0.6) is 0 Å². The predicted molar refractivity (Wildman–Crippen MR) is 154 cm³/mol. The van der Waals surface area contributed by atoms with Crippen molar-refractivity contribution in [2.75, 3.05) is 0 Å². The monoisotopic (exact) mass is 538 g/mol. The summed E-state index contributed by atoms with van der Waals surface area (Å²) in [5.74, 6) is 2.44. The molecule has 218 valence electrons. The summed E-state index contributed by atoms with van der Waals surface area (Å²) < 4.78 is 5.91. The topological polar surface area (TPSA) is 63.6 Å². The highest BCUT2D eigenvalue weighted by Gasteiger charge is 2.72. The molecular weight excluding hydrogens is 484 g/mol. The number of carbonyl (C=O) groups is 2. The number of hydrogen-bond acceptors (Lipinski definition) is 3. The summed E-state index contributed by atoms with van der Waals surface area (Å²) >= 11 is 0. The zero-order chi connectivity index (χ0) is 28.2. The van der Waals surface area contributed by atoms with Crippen LogP contribution in [-0.4, -0.2) is 23.1 Å². The van der Waals surface area contributed by atoms with Gasteiger partial charge in [-0.1, -0.05) is 53.2 Å². The van der Waals surface area contributed by atoms with Crippen molar-refractivity contribution >= 4 is 11.9 Å². The minimum Gasteiger partial charge on any atom is -0.481 e. The van der Waals surface area contributed by atoms with Crippen LogP contribution in [0.1, 0.15) is 126 Å². The molecule has 0 heterocycles. The molecule has 4 nitrogen and oxygen atoms in total. The minimum atomic E-state index is -0.521. The molecule has 0 aromatic heterocycles. The standard InChI is InChI=1S/C35H54O4/c1-21-8-9-23(21)20-24-12-17-35(30(37)38)19-18-33(6)25(29(24)35)10-11-27-32(5)15-14-28(39-22(2)36)31(3,4)26(32)13-16-34(27,33)7/h20-21,24-29H,8-19H2,1-7H3,(H,37,38)/b23-20+/t21?,24?,25-,26+,27-,28+,29-,32+,33-,34-,35+/m1/s1. The average molecular weight is 539 g/mol. The number of allylic oxidation sites excluding steroid dienone is 2. The number of carbonyl (C=O) groups excluding carboxylic acids is 1. The number of aliphatic carboxylic acids is 1. The van der Waals surface area contributed by atoms with Gasteiger partial charge in [0.25, 0.3) is 0 Å². The Balaban J connectivity index is 1.35. The molecule has 2 unspecified atom stereocenters. The fraction of sp³-hybridized carbons (Fsp3) is 0.886. The van der Waals surface area contributed by atoms with E-state index >= 15 is 0 Å². The molecule has 39 heavy (non-hydrogen) atoms. The molecule has 0 bridgehead atoms. The summed E-state index contributed by atoms with van der Waals surface area (Å²) in [6, 6.07) is 0. The first-order valence-electron chi connectivity index (χ1n) is 16.3. The van der Waals surface area contributed by atoms with Gasteiger partial charge in [-0.25, -0.2) is 0 Å². The number of fused-ring (bicyclic) bond motifs is 7. The molecule has 6 aliphatic rings. The maximum atomic E-state index is 13.0. The molecule has 6 aliphatic carbocycles. The molecule has 0 aromatic carbocycles. The molecule has 11 atom stereocenters. The quantitative estimate of drug-likeness (QED) is 0.289. The van der Waals surface area contributed by atoms with Gasteiger partial charge in [-0.15, -0.1) is 0 Å². The molecule has 0 saturated heterocycles. The van der Waals surface area contributed by atoms with Crippen LogP contribution in [0.2, 0.25) is 0 Å². The van der Waals surface area contributed by atoms with Crippen LogP contribution >= 0.6 is 0 Å². The van der Waals surface area contributed by atoms with E-state index in [1.807, 2.05) is 0 Å². The summed E-state index contributed by atoms with van der Waals surface area (Å²) in [5.41, 5.74) is 1.70. The number of rotatable bonds is 3. The zero-order valence-electron chi connectivity index (χ0n) is 25.8. The number of esters is 1. The molecule has 6 rings (SSSR count). The Bertz CT molecular complexity index is 1070. The lowest BCUT2D eigenvalue weighted by Gasteiger charge is -2.72. The van der Waals surface area contributed by atoms with Crippen molar-refractivity contribution < 1.29 is 19.4 Å². The summed E-state index contributed by atoms with van der Waals surface area (Å²) in [4.78, 5) is 25.0. The van der Waals surface area contributed by atoms with E-state index in [0.29, 0.717) is 29.6 Å². The van der Waals surface area contributed by atoms with Gasteiger partial charge in [-0.05, 0) is 129 Å². The van der Waals surface area contributed by atoms with Gasteiger partial charge >= 0.3 is 11.9 Å². The average Bonchev–Trinajstić information content (AvgIpc) is 3.23. The Kier molecular flexibility index (Phi) is 6.31. The van der Waals surface area contributed by atoms with Crippen LogP contribution in [0.15, 0.2) is 11.6 Å². The zero-order valence-corrected chi connectivity index (χ0v) is 25.8. The van der Waals surface area contributed by atoms with Crippen LogP contribution in [0, 0.1) is 62.6 Å². The third kappa shape index (κ3) is 3.60. The van der Waals surface area contributed by atoms with Gasteiger partial charge < -0.3 is 9.84 Å². The number of carboxylic acids is 1. The van der Waals surface area contributed by atoms with Gasteiger partial charge in [0.2, 0.25) is 0 Å². The lowest BCUT2D eigenvalue weighted by molar-refractivity contribution is -0.250. The highest BCUT2D eigenvalue weighted by atomic mass is 16.5. The summed E-state index contributed by atoms with van der Waals surface area (Å²) in [5, 5.41) is 10.7. The predicted octanol–water partition coefficient (Wildman–Crippen LogP) is 8.44. The van der Waals surface area contributed by atoms with Crippen molar-refractivity contribution in [2.24, 2.45) is 62.6 Å². The maximum Gasteiger partial charge on any atom is 0.309 e. The Morgan fingerprint density at radius 1 is 0.846 bits per heavy atom. The summed E-state index contributed by atoms with van der Waals surface area (Å²) in [7, 11) is 0. The lowest BCUT2D eigenvalue weighted by Crippen LogP contribution is -2.67. The van der Waals surface area contributed by atoms with Crippen LogP contribution in [0.25, 0.3) is 0 Å². The van der Waals surface area contributed by atoms with Crippen molar-refractivity contribution in [1.29, 1.82) is 0 Å². The molecule has 4 heteroatoms. The van der Waals surface area contributed by atoms with Gasteiger partial charge in [0, 0.05) is 12.3 Å². The Morgan fingerprint density at radius 2 is 1.59 bits per heavy atom. The van der Waals surface area contributed by atoms with E-state index in [2.05, 4.69) is 47.6 Å². The van der Waals surface area contributed by atoms with E-state index in [4.69, 9.17) is 4.74 Å². The molecule has 0 spiro atoms. The third-order valence-electron chi connectivity index (χ3n) is 15.1. The molecule has 0 amide bonds. The minimum absolute atomic E-state index is 0.0106. The molecule has 6 fully saturated rings. The molecular formula is C35H54O4. The fourth-order valence-corrected chi connectivity index (χ4v) is 12.7. The molecule has 0 radical (unpaired) electrons. The molecule has 1 N–H and O–H groups in total. The number of hydrogen-bond donors (Lipinski definition) is 1. The third-order valence-corrected chi connectivity index (χ3v) is 15.1. The second-order valence-corrected chi connectivity index (χ2v) is 16.5. The van der Waals surface area contributed by atoms with Crippen molar-refractivity contribution in [3.8, 4) is 0 Å². The molecule has 6 saturated carbocycles. The molecule has 0 aromatic rings. The van der Waals surface area contributed by atoms with E-state index in [0.717, 1.165) is 38.5 Å². The van der Waals surface area contributed by atoms with E-state index in [-0.39, 0.29) is 39.7 Å². The largest absolute Gasteiger partial charge is 0.481 e. The highest BCUT2D eigenvalue weighted by Crippen LogP contribution is 2.77. The van der Waals surface area contributed by atoms with Crippen molar-refractivity contribution in [3.05, 3.63) is 11.6 Å². The van der Waals surface area contributed by atoms with Crippen LogP contribution in [0.4, 0.5) is 0 Å². The van der Waals surface area contributed by atoms with Crippen LogP contribution < -0.4 is 0 Å². The lowest BCUT2D eigenvalue weighted by atomic mass is 9.32. The Hall–Kier alpha value is -1.32. The SMILES string of the molecule is CC(=O)O[C@H]1CC[C@]2(C)[C@H]3CC[C@@H]4[C@H]5C(/C=C6\CCC6C)CC[C@]5(C(=O)O)CC[C@@]4(C)[C@]3(C)CC[C@H]2C1(C)C. The number of ether oxygens (including phenoxy) is 1. The first-order valence-corrected chi connectivity index (χ1v) is 16.3. The van der Waals surface area contributed by atoms with E-state index in [1.165, 1.54) is 38.5 Å². The van der Waals surface area contributed by atoms with Crippen molar-refractivity contribution in [2.45, 2.75) is 132 Å². The van der Waals surface area contributed by atoms with Crippen molar-refractivity contribution in [1.82, 2.24) is 0 Å². The van der Waals surface area contributed by atoms with Gasteiger partial charge in [-0.3, -0.25) is 9.59 Å². The summed E-state index contributed by atoms with van der Waals surface area (Å²) in [6.45, 7) is 16.4. The Morgan fingerprint density at radius 3 is 2.21 bits per heavy atom. The van der Waals surface area contributed by atoms with Gasteiger partial charge in [0.15, 0.2) is 0 Å². The second-order valence-electron chi connectivity index (χ2n) is 16.5. The smallest absolute Gasteiger partial charge is 0.309 e. The first kappa shape index (κ1) is 27.8. The van der Waals surface area contributed by atoms with Crippen LogP contribution in [-0.2, 0) is 14.3 Å². The van der Waals surface area contributed by atoms with E-state index in [1.54, 1.807) is 12.5 Å². The summed E-state index contributed by atoms with van der Waals surface area (Å²) in [6.07, 6.45) is 15.9. The van der Waals surface area contributed by atoms with E-state index in [9.17, 15) is 14.7 Å². The van der Waals surface area contributed by atoms with Gasteiger partial charge in [0.05, 0.1) is 5.41 Å².